The van der Waals surface area contributed by atoms with Gasteiger partial charge in [-0.25, -0.2) is 0 Å². The minimum atomic E-state index is -1.83. The van der Waals surface area contributed by atoms with Gasteiger partial charge in [-0.2, -0.15) is 0 Å². The molecule has 1 aromatic rings. The number of ketones is 1. The Morgan fingerprint density at radius 2 is 1.97 bits per heavy atom. The first-order valence-corrected chi connectivity index (χ1v) is 9.52. The number of hydrogen-bond acceptors (Lipinski definition) is 7. The van der Waals surface area contributed by atoms with Gasteiger partial charge in [0.25, 0.3) is 5.79 Å². The quantitative estimate of drug-likeness (QED) is 0.381. The molecule has 2 atom stereocenters. The molecule has 1 aliphatic carbocycles. The number of rotatable bonds is 7. The first-order chi connectivity index (χ1) is 14.4. The first-order valence-electron chi connectivity index (χ1n) is 9.52. The Morgan fingerprint density at radius 3 is 2.57 bits per heavy atom. The molecule has 8 nitrogen and oxygen atoms in total. The van der Waals surface area contributed by atoms with Crippen LogP contribution in [0.5, 0.6) is 11.5 Å². The van der Waals surface area contributed by atoms with Crippen molar-refractivity contribution in [3.05, 3.63) is 47.1 Å². The number of methoxy groups -OCH3 is 3. The molecule has 1 aromatic carbocycles. The van der Waals surface area contributed by atoms with Gasteiger partial charge in [0.2, 0.25) is 12.2 Å². The second-order valence-electron chi connectivity index (χ2n) is 7.10. The number of ether oxygens (including phenoxy) is 4. The van der Waals surface area contributed by atoms with E-state index in [9.17, 15) is 14.4 Å². The summed E-state index contributed by atoms with van der Waals surface area (Å²) >= 11 is 0. The van der Waals surface area contributed by atoms with Gasteiger partial charge in [0.15, 0.2) is 11.5 Å². The Kier molecular flexibility index (Phi) is 6.26. The summed E-state index contributed by atoms with van der Waals surface area (Å²) in [6, 6.07) is 5.19. The molecule has 8 heteroatoms. The molecule has 0 aromatic heterocycles. The van der Waals surface area contributed by atoms with E-state index < -0.39 is 17.5 Å². The van der Waals surface area contributed by atoms with Crippen molar-refractivity contribution in [1.29, 1.82) is 0 Å². The van der Waals surface area contributed by atoms with Gasteiger partial charge in [-0.05, 0) is 47.8 Å². The second-order valence-corrected chi connectivity index (χ2v) is 7.10. The smallest absolute Gasteiger partial charge is 0.305 e. The van der Waals surface area contributed by atoms with E-state index in [0.29, 0.717) is 30.9 Å². The Hall–Kier alpha value is -3.13. The third-order valence-corrected chi connectivity index (χ3v) is 5.37. The molecule has 0 radical (unpaired) electrons. The van der Waals surface area contributed by atoms with E-state index in [-0.39, 0.29) is 6.04 Å². The molecular weight excluding hydrogens is 390 g/mol. The van der Waals surface area contributed by atoms with Gasteiger partial charge in [-0.3, -0.25) is 14.4 Å². The SMILES string of the molecule is COc1ccc(CC2C3=CC(OC)(OC(C)=O)C(=O)C=C3CCN2C=O)cc1OC. The molecule has 0 spiro atoms. The normalized spacial score (nSPS) is 23.1. The zero-order valence-corrected chi connectivity index (χ0v) is 17.5. The number of piperidine rings is 1. The van der Waals surface area contributed by atoms with Crippen molar-refractivity contribution in [1.82, 2.24) is 4.90 Å². The Morgan fingerprint density at radius 1 is 1.23 bits per heavy atom. The van der Waals surface area contributed by atoms with Crippen LogP contribution >= 0.6 is 0 Å². The van der Waals surface area contributed by atoms with Crippen LogP contribution in [-0.4, -0.2) is 62.8 Å². The third-order valence-electron chi connectivity index (χ3n) is 5.37. The number of hydrogen-bond donors (Lipinski definition) is 0. The van der Waals surface area contributed by atoms with E-state index in [1.807, 2.05) is 12.1 Å². The van der Waals surface area contributed by atoms with Crippen molar-refractivity contribution in [2.45, 2.75) is 31.6 Å². The zero-order valence-electron chi connectivity index (χ0n) is 17.5. The van der Waals surface area contributed by atoms with Gasteiger partial charge >= 0.3 is 5.97 Å². The number of likely N-dealkylation sites (tertiary alicyclic amines) is 1. The molecule has 0 N–H and O–H groups in total. The summed E-state index contributed by atoms with van der Waals surface area (Å²) in [6.07, 6.45) is 4.76. The average Bonchev–Trinajstić information content (AvgIpc) is 2.74. The highest BCUT2D eigenvalue weighted by molar-refractivity contribution is 6.01. The van der Waals surface area contributed by atoms with Gasteiger partial charge in [-0.1, -0.05) is 6.07 Å². The van der Waals surface area contributed by atoms with E-state index in [1.54, 1.807) is 25.2 Å². The molecule has 2 aliphatic rings. The van der Waals surface area contributed by atoms with Crippen LogP contribution in [0.4, 0.5) is 0 Å². The van der Waals surface area contributed by atoms with E-state index in [4.69, 9.17) is 18.9 Å². The highest BCUT2D eigenvalue weighted by Gasteiger charge is 2.45. The Bertz CT molecular complexity index is 920. The van der Waals surface area contributed by atoms with Crippen molar-refractivity contribution >= 4 is 18.2 Å². The van der Waals surface area contributed by atoms with Crippen molar-refractivity contribution in [3.8, 4) is 11.5 Å². The molecule has 0 bridgehead atoms. The van der Waals surface area contributed by atoms with E-state index in [2.05, 4.69) is 0 Å². The molecule has 1 amide bonds. The van der Waals surface area contributed by atoms with E-state index in [1.165, 1.54) is 26.2 Å². The van der Waals surface area contributed by atoms with Crippen LogP contribution < -0.4 is 9.47 Å². The summed E-state index contributed by atoms with van der Waals surface area (Å²) in [5.41, 5.74) is 2.45. The number of esters is 1. The number of amides is 1. The fourth-order valence-corrected chi connectivity index (χ4v) is 3.90. The predicted octanol–water partition coefficient (Wildman–Crippen LogP) is 1.82. The lowest BCUT2D eigenvalue weighted by molar-refractivity contribution is -0.199. The maximum absolute atomic E-state index is 12.7. The van der Waals surface area contributed by atoms with Crippen LogP contribution in [0, 0.1) is 0 Å². The van der Waals surface area contributed by atoms with Crippen LogP contribution in [-0.2, 0) is 30.3 Å². The lowest BCUT2D eigenvalue weighted by atomic mass is 9.81. The monoisotopic (exact) mass is 415 g/mol. The fourth-order valence-electron chi connectivity index (χ4n) is 3.90. The number of nitrogens with zero attached hydrogens (tertiary/aromatic N) is 1. The van der Waals surface area contributed by atoms with Crippen molar-refractivity contribution in [2.75, 3.05) is 27.9 Å². The van der Waals surface area contributed by atoms with Crippen LogP contribution in [0.3, 0.4) is 0 Å². The van der Waals surface area contributed by atoms with E-state index in [0.717, 1.165) is 23.1 Å². The highest BCUT2D eigenvalue weighted by Crippen LogP contribution is 2.37. The fraction of sp³-hybridized carbons (Fsp3) is 0.409. The molecular formula is C22H25NO7. The standard InChI is InChI=1S/C22H25NO7/c1-14(25)30-22(29-4)12-17-16(11-21(22)26)7-8-23(13-24)18(17)9-15-5-6-19(27-2)20(10-15)28-3/h5-6,10-13,18H,7-9H2,1-4H3. The Labute approximate surface area is 175 Å². The molecule has 1 aliphatic heterocycles. The largest absolute Gasteiger partial charge is 0.493 e. The van der Waals surface area contributed by atoms with Crippen LogP contribution in [0.2, 0.25) is 0 Å². The summed E-state index contributed by atoms with van der Waals surface area (Å²) < 4.78 is 21.2. The maximum atomic E-state index is 12.7. The van der Waals surface area contributed by atoms with Gasteiger partial charge in [0.1, 0.15) is 0 Å². The highest BCUT2D eigenvalue weighted by atomic mass is 16.7. The van der Waals surface area contributed by atoms with Gasteiger partial charge in [0.05, 0.1) is 20.3 Å². The van der Waals surface area contributed by atoms with E-state index >= 15 is 0 Å². The molecule has 30 heavy (non-hydrogen) atoms. The number of carbonyl (C=O) groups is 3. The lowest BCUT2D eigenvalue weighted by Crippen LogP contribution is -2.49. The summed E-state index contributed by atoms with van der Waals surface area (Å²) in [4.78, 5) is 37.7. The van der Waals surface area contributed by atoms with Crippen LogP contribution in [0.15, 0.2) is 41.5 Å². The van der Waals surface area contributed by atoms with Crippen molar-refractivity contribution < 1.29 is 33.3 Å². The zero-order chi connectivity index (χ0) is 21.9. The second kappa shape index (κ2) is 8.71. The number of fused-ring (bicyclic) bond motifs is 1. The predicted molar refractivity (Wildman–Crippen MR) is 107 cm³/mol. The maximum Gasteiger partial charge on any atom is 0.305 e. The van der Waals surface area contributed by atoms with Crippen LogP contribution in [0.1, 0.15) is 18.9 Å². The first kappa shape index (κ1) is 21.6. The average molecular weight is 415 g/mol. The van der Waals surface area contributed by atoms with Crippen molar-refractivity contribution in [2.24, 2.45) is 0 Å². The van der Waals surface area contributed by atoms with Gasteiger partial charge in [0, 0.05) is 26.7 Å². The molecule has 3 rings (SSSR count). The molecule has 1 fully saturated rings. The molecule has 0 saturated carbocycles. The molecule has 160 valence electrons. The summed E-state index contributed by atoms with van der Waals surface area (Å²) in [5.74, 6) is -1.74. The van der Waals surface area contributed by atoms with Gasteiger partial charge in [-0.15, -0.1) is 0 Å². The molecule has 2 unspecified atom stereocenters. The van der Waals surface area contributed by atoms with Crippen molar-refractivity contribution in [3.63, 3.8) is 0 Å². The van der Waals surface area contributed by atoms with Gasteiger partial charge < -0.3 is 23.8 Å². The summed E-state index contributed by atoms with van der Waals surface area (Å²) in [5, 5.41) is 0. The Balaban J connectivity index is 2.02. The minimum Gasteiger partial charge on any atom is -0.493 e. The third kappa shape index (κ3) is 3.95. The summed E-state index contributed by atoms with van der Waals surface area (Å²) in [7, 11) is 4.43. The van der Waals surface area contributed by atoms with Crippen LogP contribution in [0.25, 0.3) is 0 Å². The summed E-state index contributed by atoms with van der Waals surface area (Å²) in [6.45, 7) is 1.69. The number of carbonyl (C=O) groups excluding carboxylic acids is 3. The lowest BCUT2D eigenvalue weighted by Gasteiger charge is -2.40. The minimum absolute atomic E-state index is 0.362. The molecule has 1 saturated heterocycles. The molecule has 1 heterocycles. The topological polar surface area (TPSA) is 91.4 Å². The number of benzene rings is 1.